The Balaban J connectivity index is 2.16. The summed E-state index contributed by atoms with van der Waals surface area (Å²) in [5.74, 6) is 1.29. The maximum Gasteiger partial charge on any atom is 0.183 e. The van der Waals surface area contributed by atoms with E-state index in [9.17, 15) is 5.11 Å². The van der Waals surface area contributed by atoms with E-state index in [4.69, 9.17) is 10.2 Å². The van der Waals surface area contributed by atoms with Gasteiger partial charge in [0.2, 0.25) is 0 Å². The lowest BCUT2D eigenvalue weighted by Gasteiger charge is -2.45. The molecule has 3 N–H and O–H groups in total. The molecule has 0 amide bonds. The quantitative estimate of drug-likeness (QED) is 0.718. The Morgan fingerprint density at radius 2 is 1.95 bits per heavy atom. The lowest BCUT2D eigenvalue weighted by atomic mass is 9.62. The summed E-state index contributed by atoms with van der Waals surface area (Å²) in [6, 6.07) is 1.84. The SMILES string of the molecule is CC(C)(C)C1CCC(CN)(C(O)c2cc(Br)c(Br)o2)CC1. The molecule has 0 radical (unpaired) electrons. The molecule has 0 aromatic carbocycles. The second kappa shape index (κ2) is 6.34. The molecule has 1 aliphatic carbocycles. The maximum atomic E-state index is 10.8. The molecule has 120 valence electrons. The van der Waals surface area contributed by atoms with Crippen molar-refractivity contribution in [3.63, 3.8) is 0 Å². The first-order valence-corrected chi connectivity index (χ1v) is 9.11. The molecular formula is C16H25Br2NO2. The predicted octanol–water partition coefficient (Wildman–Crippen LogP) is 5.02. The van der Waals surface area contributed by atoms with Crippen LogP contribution in [0.2, 0.25) is 0 Å². The molecule has 5 heteroatoms. The van der Waals surface area contributed by atoms with E-state index < -0.39 is 6.10 Å². The summed E-state index contributed by atoms with van der Waals surface area (Å²) in [5.41, 5.74) is 6.11. The Labute approximate surface area is 143 Å². The van der Waals surface area contributed by atoms with E-state index in [1.165, 1.54) is 0 Å². The van der Waals surface area contributed by atoms with E-state index >= 15 is 0 Å². The molecule has 21 heavy (non-hydrogen) atoms. The number of rotatable bonds is 3. The van der Waals surface area contributed by atoms with Gasteiger partial charge in [0.25, 0.3) is 0 Å². The van der Waals surface area contributed by atoms with Gasteiger partial charge in [0.1, 0.15) is 11.9 Å². The normalized spacial score (nSPS) is 28.6. The van der Waals surface area contributed by atoms with E-state index in [1.807, 2.05) is 6.07 Å². The second-order valence-corrected chi connectivity index (χ2v) is 8.95. The third kappa shape index (κ3) is 3.57. The van der Waals surface area contributed by atoms with Crippen LogP contribution >= 0.6 is 31.9 Å². The Morgan fingerprint density at radius 3 is 2.33 bits per heavy atom. The molecule has 1 aromatic heterocycles. The molecule has 0 aliphatic heterocycles. The van der Waals surface area contributed by atoms with Gasteiger partial charge in [-0.25, -0.2) is 0 Å². The summed E-state index contributed by atoms with van der Waals surface area (Å²) in [6.07, 6.45) is 3.47. The van der Waals surface area contributed by atoms with Crippen molar-refractivity contribution in [3.05, 3.63) is 21.0 Å². The van der Waals surface area contributed by atoms with Crippen molar-refractivity contribution < 1.29 is 9.52 Å². The minimum absolute atomic E-state index is 0.265. The predicted molar refractivity (Wildman–Crippen MR) is 92.0 cm³/mol. The van der Waals surface area contributed by atoms with Crippen LogP contribution in [0.25, 0.3) is 0 Å². The van der Waals surface area contributed by atoms with Crippen LogP contribution in [-0.2, 0) is 0 Å². The van der Waals surface area contributed by atoms with Gasteiger partial charge in [-0.1, -0.05) is 20.8 Å². The highest BCUT2D eigenvalue weighted by Crippen LogP contribution is 2.51. The van der Waals surface area contributed by atoms with Crippen LogP contribution in [0.1, 0.15) is 58.3 Å². The third-order valence-electron chi connectivity index (χ3n) is 5.13. The fraction of sp³-hybridized carbons (Fsp3) is 0.750. The van der Waals surface area contributed by atoms with Crippen molar-refractivity contribution in [2.24, 2.45) is 22.5 Å². The van der Waals surface area contributed by atoms with Gasteiger partial charge in [-0.3, -0.25) is 0 Å². The van der Waals surface area contributed by atoms with E-state index in [-0.39, 0.29) is 5.41 Å². The van der Waals surface area contributed by atoms with Crippen LogP contribution in [0.4, 0.5) is 0 Å². The molecule has 1 saturated carbocycles. The number of halogens is 2. The molecule has 1 fully saturated rings. The molecule has 1 heterocycles. The van der Waals surface area contributed by atoms with E-state index in [2.05, 4.69) is 52.6 Å². The molecule has 1 aliphatic rings. The van der Waals surface area contributed by atoms with Crippen LogP contribution < -0.4 is 5.73 Å². The molecule has 0 bridgehead atoms. The Kier molecular flexibility index (Phi) is 5.29. The van der Waals surface area contributed by atoms with Crippen LogP contribution in [0.15, 0.2) is 19.6 Å². The lowest BCUT2D eigenvalue weighted by Crippen LogP contribution is -2.42. The highest BCUT2D eigenvalue weighted by atomic mass is 79.9. The summed E-state index contributed by atoms with van der Waals surface area (Å²) >= 11 is 6.73. The van der Waals surface area contributed by atoms with Crippen LogP contribution in [-0.4, -0.2) is 11.7 Å². The average Bonchev–Trinajstić information content (AvgIpc) is 2.77. The van der Waals surface area contributed by atoms with E-state index in [0.717, 1.165) is 30.2 Å². The number of furan rings is 1. The van der Waals surface area contributed by atoms with E-state index in [1.54, 1.807) is 0 Å². The summed E-state index contributed by atoms with van der Waals surface area (Å²) < 4.78 is 7.06. The van der Waals surface area contributed by atoms with Crippen molar-refractivity contribution in [1.82, 2.24) is 0 Å². The van der Waals surface area contributed by atoms with Gasteiger partial charge in [-0.15, -0.1) is 0 Å². The second-order valence-electron chi connectivity index (χ2n) is 7.38. The summed E-state index contributed by atoms with van der Waals surface area (Å²) in [6.45, 7) is 7.37. The number of hydrogen-bond donors (Lipinski definition) is 2. The minimum Gasteiger partial charge on any atom is -0.450 e. The minimum atomic E-state index is -0.647. The average molecular weight is 423 g/mol. The smallest absolute Gasteiger partial charge is 0.183 e. The zero-order valence-electron chi connectivity index (χ0n) is 13.0. The van der Waals surface area contributed by atoms with Crippen LogP contribution in [0.5, 0.6) is 0 Å². The van der Waals surface area contributed by atoms with Gasteiger partial charge in [-0.2, -0.15) is 0 Å². The third-order valence-corrected chi connectivity index (χ3v) is 6.84. The molecular weight excluding hydrogens is 398 g/mol. The lowest BCUT2D eigenvalue weighted by molar-refractivity contribution is -0.0346. The van der Waals surface area contributed by atoms with Gasteiger partial charge in [0.15, 0.2) is 4.67 Å². The fourth-order valence-electron chi connectivity index (χ4n) is 3.45. The number of aliphatic hydroxyl groups is 1. The van der Waals surface area contributed by atoms with E-state index in [0.29, 0.717) is 28.3 Å². The Bertz CT molecular complexity index is 465. The fourth-order valence-corrected chi connectivity index (χ4v) is 4.06. The topological polar surface area (TPSA) is 59.4 Å². The van der Waals surface area contributed by atoms with Crippen molar-refractivity contribution in [3.8, 4) is 0 Å². The molecule has 3 nitrogen and oxygen atoms in total. The zero-order chi connectivity index (χ0) is 15.8. The Hall–Kier alpha value is 0.160. The van der Waals surface area contributed by atoms with Gasteiger partial charge in [0.05, 0.1) is 4.47 Å². The first-order valence-electron chi connectivity index (χ1n) is 7.52. The van der Waals surface area contributed by atoms with Gasteiger partial charge < -0.3 is 15.3 Å². The first-order chi connectivity index (χ1) is 9.69. The van der Waals surface area contributed by atoms with Crippen molar-refractivity contribution >= 4 is 31.9 Å². The van der Waals surface area contributed by atoms with Crippen molar-refractivity contribution in [1.29, 1.82) is 0 Å². The number of nitrogens with two attached hydrogens (primary N) is 1. The van der Waals surface area contributed by atoms with Crippen molar-refractivity contribution in [2.75, 3.05) is 6.54 Å². The number of aliphatic hydroxyl groups excluding tert-OH is 1. The molecule has 0 spiro atoms. The summed E-state index contributed by atoms with van der Waals surface area (Å²) in [7, 11) is 0. The zero-order valence-corrected chi connectivity index (χ0v) is 16.1. The largest absolute Gasteiger partial charge is 0.450 e. The monoisotopic (exact) mass is 421 g/mol. The molecule has 2 rings (SSSR count). The van der Waals surface area contributed by atoms with Gasteiger partial charge >= 0.3 is 0 Å². The molecule has 0 saturated heterocycles. The standard InChI is InChI=1S/C16H25Br2NO2/c1-15(2,3)10-4-6-16(9-19,7-5-10)13(20)12-8-11(17)14(18)21-12/h8,10,13,20H,4-7,9,19H2,1-3H3. The molecule has 1 aromatic rings. The Morgan fingerprint density at radius 1 is 1.38 bits per heavy atom. The summed E-state index contributed by atoms with van der Waals surface area (Å²) in [4.78, 5) is 0. The maximum absolute atomic E-state index is 10.8. The summed E-state index contributed by atoms with van der Waals surface area (Å²) in [5, 5.41) is 10.8. The molecule has 1 unspecified atom stereocenters. The van der Waals surface area contributed by atoms with Crippen LogP contribution in [0, 0.1) is 16.7 Å². The highest BCUT2D eigenvalue weighted by Gasteiger charge is 2.44. The highest BCUT2D eigenvalue weighted by molar-refractivity contribution is 9.13. The van der Waals surface area contributed by atoms with Crippen molar-refractivity contribution in [2.45, 2.75) is 52.6 Å². The van der Waals surface area contributed by atoms with Crippen LogP contribution in [0.3, 0.4) is 0 Å². The van der Waals surface area contributed by atoms with Gasteiger partial charge in [0, 0.05) is 12.0 Å². The van der Waals surface area contributed by atoms with Gasteiger partial charge in [-0.05, 0) is 74.9 Å². The molecule has 1 atom stereocenters. The first kappa shape index (κ1) is 17.5. The number of hydrogen-bond acceptors (Lipinski definition) is 3.